The second-order valence-corrected chi connectivity index (χ2v) is 4.67. The molecule has 0 aliphatic heterocycles. The van der Waals surface area contributed by atoms with Gasteiger partial charge in [0.1, 0.15) is 5.82 Å². The summed E-state index contributed by atoms with van der Waals surface area (Å²) in [4.78, 5) is 2.37. The Kier molecular flexibility index (Phi) is 4.63. The first-order chi connectivity index (χ1) is 7.00. The Labute approximate surface area is 102 Å². The highest BCUT2D eigenvalue weighted by Gasteiger charge is 2.07. The molecule has 82 valence electrons. The highest BCUT2D eigenvalue weighted by atomic mass is 79.9. The minimum absolute atomic E-state index is 0.253. The maximum atomic E-state index is 13.2. The van der Waals surface area contributed by atoms with E-state index in [9.17, 15) is 4.39 Å². The molecule has 0 heterocycles. The van der Waals surface area contributed by atoms with Gasteiger partial charge in [0.25, 0.3) is 0 Å². The third kappa shape index (κ3) is 3.85. The van der Waals surface area contributed by atoms with Crippen LogP contribution in [-0.2, 0) is 6.54 Å². The number of hydrogen-bond donors (Lipinski definition) is 1. The molecular formula is C10H12BrFN2S. The number of nitrogens with zero attached hydrogens (tertiary/aromatic N) is 1. The lowest BCUT2D eigenvalue weighted by Gasteiger charge is -2.16. The molecule has 0 aromatic heterocycles. The van der Waals surface area contributed by atoms with Crippen LogP contribution in [0.15, 0.2) is 22.7 Å². The van der Waals surface area contributed by atoms with E-state index in [1.807, 2.05) is 18.0 Å². The van der Waals surface area contributed by atoms with Crippen molar-refractivity contribution in [2.24, 2.45) is 5.73 Å². The van der Waals surface area contributed by atoms with Crippen molar-refractivity contribution < 1.29 is 4.39 Å². The molecule has 5 heteroatoms. The van der Waals surface area contributed by atoms with Crippen LogP contribution in [0.5, 0.6) is 0 Å². The molecule has 0 atom stereocenters. The molecule has 1 aromatic rings. The highest BCUT2D eigenvalue weighted by Crippen LogP contribution is 2.21. The number of halogens is 2. The lowest BCUT2D eigenvalue weighted by Crippen LogP contribution is -2.29. The molecule has 0 saturated heterocycles. The van der Waals surface area contributed by atoms with Crippen molar-refractivity contribution in [2.45, 2.75) is 6.54 Å². The predicted molar refractivity (Wildman–Crippen MR) is 67.2 cm³/mol. The summed E-state index contributed by atoms with van der Waals surface area (Å²) in [7, 11) is 1.89. The largest absolute Gasteiger partial charge is 0.392 e. The second-order valence-electron chi connectivity index (χ2n) is 3.35. The molecule has 0 unspecified atom stereocenters. The van der Waals surface area contributed by atoms with Crippen LogP contribution < -0.4 is 5.73 Å². The first-order valence-corrected chi connectivity index (χ1v) is 5.60. The van der Waals surface area contributed by atoms with Crippen LogP contribution in [0, 0.1) is 5.82 Å². The number of benzene rings is 1. The molecule has 1 aromatic carbocycles. The van der Waals surface area contributed by atoms with Gasteiger partial charge in [0.05, 0.1) is 9.46 Å². The van der Waals surface area contributed by atoms with E-state index in [1.54, 1.807) is 6.07 Å². The first-order valence-electron chi connectivity index (χ1n) is 4.40. The number of hydrogen-bond acceptors (Lipinski definition) is 2. The maximum absolute atomic E-state index is 13.2. The van der Waals surface area contributed by atoms with Gasteiger partial charge in [-0.1, -0.05) is 24.4 Å². The van der Waals surface area contributed by atoms with Crippen LogP contribution in [0.2, 0.25) is 0 Å². The van der Waals surface area contributed by atoms with E-state index in [0.717, 1.165) is 5.56 Å². The van der Waals surface area contributed by atoms with Gasteiger partial charge in [-0.05, 0) is 34.6 Å². The van der Waals surface area contributed by atoms with Crippen LogP contribution in [0.1, 0.15) is 5.56 Å². The average Bonchev–Trinajstić information content (AvgIpc) is 2.11. The zero-order chi connectivity index (χ0) is 11.4. The van der Waals surface area contributed by atoms with E-state index in [-0.39, 0.29) is 5.82 Å². The number of likely N-dealkylation sites (N-methyl/N-ethyl adjacent to an activating group) is 1. The summed E-state index contributed by atoms with van der Waals surface area (Å²) < 4.78 is 13.7. The number of nitrogens with two attached hydrogens (primary N) is 1. The van der Waals surface area contributed by atoms with Gasteiger partial charge in [0.15, 0.2) is 0 Å². The lowest BCUT2D eigenvalue weighted by atomic mass is 10.2. The highest BCUT2D eigenvalue weighted by molar-refractivity contribution is 9.10. The summed E-state index contributed by atoms with van der Waals surface area (Å²) in [6.07, 6.45) is 0. The fourth-order valence-corrected chi connectivity index (χ4v) is 1.89. The Balaban J connectivity index is 2.72. The summed E-state index contributed by atoms with van der Waals surface area (Å²) in [5, 5.41) is 0. The van der Waals surface area contributed by atoms with Gasteiger partial charge in [-0.15, -0.1) is 0 Å². The summed E-state index contributed by atoms with van der Waals surface area (Å²) in [6.45, 7) is 1.13. The Morgan fingerprint density at radius 1 is 1.60 bits per heavy atom. The molecule has 0 bridgehead atoms. The molecule has 0 fully saturated rings. The van der Waals surface area contributed by atoms with Crippen molar-refractivity contribution in [1.29, 1.82) is 0 Å². The van der Waals surface area contributed by atoms with Gasteiger partial charge in [-0.3, -0.25) is 4.90 Å². The van der Waals surface area contributed by atoms with Gasteiger partial charge in [0.2, 0.25) is 0 Å². The molecule has 0 aliphatic rings. The Morgan fingerprint density at radius 2 is 2.27 bits per heavy atom. The average molecular weight is 291 g/mol. The molecule has 1 rings (SSSR count). The van der Waals surface area contributed by atoms with E-state index in [0.29, 0.717) is 22.6 Å². The molecule has 15 heavy (non-hydrogen) atoms. The Bertz CT molecular complexity index is 370. The van der Waals surface area contributed by atoms with Crippen molar-refractivity contribution in [2.75, 3.05) is 13.6 Å². The van der Waals surface area contributed by atoms with E-state index < -0.39 is 0 Å². The summed E-state index contributed by atoms with van der Waals surface area (Å²) in [5.41, 5.74) is 6.30. The molecule has 0 spiro atoms. The topological polar surface area (TPSA) is 29.3 Å². The fourth-order valence-electron chi connectivity index (χ4n) is 1.28. The van der Waals surface area contributed by atoms with Crippen LogP contribution >= 0.6 is 28.1 Å². The van der Waals surface area contributed by atoms with Gasteiger partial charge in [-0.25, -0.2) is 4.39 Å². The fraction of sp³-hybridized carbons (Fsp3) is 0.300. The molecule has 2 nitrogen and oxygen atoms in total. The van der Waals surface area contributed by atoms with Crippen molar-refractivity contribution in [3.8, 4) is 0 Å². The molecule has 0 amide bonds. The lowest BCUT2D eigenvalue weighted by molar-refractivity contribution is 0.373. The minimum atomic E-state index is -0.253. The standard InChI is InChI=1S/C10H12BrFN2S/c1-14(6-9(13)15)5-7-3-2-4-8(12)10(7)11/h2-4H,5-6H2,1H3,(H2,13,15). The van der Waals surface area contributed by atoms with Crippen LogP contribution in [0.3, 0.4) is 0 Å². The molecule has 0 saturated carbocycles. The van der Waals surface area contributed by atoms with Gasteiger partial charge in [0, 0.05) is 13.1 Å². The van der Waals surface area contributed by atoms with Crippen molar-refractivity contribution in [3.05, 3.63) is 34.1 Å². The Hall–Kier alpha value is -0.520. The van der Waals surface area contributed by atoms with Gasteiger partial charge in [-0.2, -0.15) is 0 Å². The number of rotatable bonds is 4. The summed E-state index contributed by atoms with van der Waals surface area (Å²) >= 11 is 8.01. The van der Waals surface area contributed by atoms with Crippen LogP contribution in [0.25, 0.3) is 0 Å². The molecule has 2 N–H and O–H groups in total. The van der Waals surface area contributed by atoms with Crippen LogP contribution in [0.4, 0.5) is 4.39 Å². The third-order valence-corrected chi connectivity index (χ3v) is 2.91. The predicted octanol–water partition coefficient (Wildman–Crippen LogP) is 2.31. The molecular weight excluding hydrogens is 279 g/mol. The maximum Gasteiger partial charge on any atom is 0.137 e. The molecule has 0 aliphatic carbocycles. The summed E-state index contributed by atoms with van der Waals surface area (Å²) in [5.74, 6) is -0.253. The van der Waals surface area contributed by atoms with Gasteiger partial charge >= 0.3 is 0 Å². The monoisotopic (exact) mass is 290 g/mol. The van der Waals surface area contributed by atoms with E-state index in [2.05, 4.69) is 15.9 Å². The zero-order valence-electron chi connectivity index (χ0n) is 8.34. The van der Waals surface area contributed by atoms with Crippen molar-refractivity contribution in [3.63, 3.8) is 0 Å². The van der Waals surface area contributed by atoms with E-state index in [4.69, 9.17) is 18.0 Å². The first kappa shape index (κ1) is 12.5. The smallest absolute Gasteiger partial charge is 0.137 e. The zero-order valence-corrected chi connectivity index (χ0v) is 10.7. The van der Waals surface area contributed by atoms with E-state index in [1.165, 1.54) is 6.07 Å². The normalized spacial score (nSPS) is 10.7. The van der Waals surface area contributed by atoms with Gasteiger partial charge < -0.3 is 5.73 Å². The third-order valence-electron chi connectivity index (χ3n) is 1.90. The van der Waals surface area contributed by atoms with Crippen molar-refractivity contribution >= 4 is 33.1 Å². The summed E-state index contributed by atoms with van der Waals surface area (Å²) in [6, 6.07) is 4.97. The number of thiocarbonyl (C=S) groups is 1. The van der Waals surface area contributed by atoms with E-state index >= 15 is 0 Å². The SMILES string of the molecule is CN(CC(N)=S)Cc1cccc(F)c1Br. The quantitative estimate of drug-likeness (QED) is 0.863. The molecule has 0 radical (unpaired) electrons. The van der Waals surface area contributed by atoms with Crippen LogP contribution in [-0.4, -0.2) is 23.5 Å². The Morgan fingerprint density at radius 3 is 2.87 bits per heavy atom. The minimum Gasteiger partial charge on any atom is -0.392 e. The van der Waals surface area contributed by atoms with Crippen molar-refractivity contribution in [1.82, 2.24) is 4.90 Å². The second kappa shape index (κ2) is 5.53.